The lowest BCUT2D eigenvalue weighted by molar-refractivity contribution is -0.345. The summed E-state index contributed by atoms with van der Waals surface area (Å²) in [5.41, 5.74) is 2.53. The van der Waals surface area contributed by atoms with Crippen molar-refractivity contribution in [2.24, 2.45) is 0 Å². The van der Waals surface area contributed by atoms with Gasteiger partial charge in [-0.25, -0.2) is 4.98 Å². The van der Waals surface area contributed by atoms with Crippen LogP contribution in [-0.4, -0.2) is 0 Å². The van der Waals surface area contributed by atoms with Crippen LogP contribution in [0.15, 0.2) is 36.5 Å². The number of hydrogen-bond donors (Lipinski definition) is 0. The Balaban J connectivity index is 2.91. The van der Waals surface area contributed by atoms with Gasteiger partial charge in [-0.3, -0.25) is 0 Å². The highest BCUT2D eigenvalue weighted by Gasteiger charge is 1.99. The van der Waals surface area contributed by atoms with Crippen molar-refractivity contribution in [3.05, 3.63) is 42.1 Å². The Morgan fingerprint density at radius 1 is 1.09 bits per heavy atom. The summed E-state index contributed by atoms with van der Waals surface area (Å²) >= 11 is 0. The molecule has 0 bridgehead atoms. The second-order valence-corrected chi connectivity index (χ2v) is 2.71. The number of pyridine rings is 1. The summed E-state index contributed by atoms with van der Waals surface area (Å²) < 4.78 is 0. The van der Waals surface area contributed by atoms with Gasteiger partial charge < -0.3 is 0 Å². The van der Waals surface area contributed by atoms with Crippen LogP contribution in [-0.2, 0) is 0 Å². The number of aryl methyl sites for hydroxylation is 1. The number of hydrogen-bond acceptors (Lipinski definition) is 0. The van der Waals surface area contributed by atoms with E-state index in [1.807, 2.05) is 12.3 Å². The molecule has 1 heteroatoms. The molecule has 0 aliphatic heterocycles. The van der Waals surface area contributed by atoms with Gasteiger partial charge in [0, 0.05) is 17.0 Å². The summed E-state index contributed by atoms with van der Waals surface area (Å²) in [5.74, 6) is 0. The normalized spacial score (nSPS) is 10.3. The van der Waals surface area contributed by atoms with Crippen LogP contribution in [0.5, 0.6) is 0 Å². The molecule has 0 saturated carbocycles. The van der Waals surface area contributed by atoms with Crippen molar-refractivity contribution in [3.8, 4) is 0 Å². The third-order valence-electron chi connectivity index (χ3n) is 1.90. The lowest BCUT2D eigenvalue weighted by atomic mass is 10.1. The van der Waals surface area contributed by atoms with E-state index in [-0.39, 0.29) is 0 Å². The van der Waals surface area contributed by atoms with Crippen LogP contribution in [0.2, 0.25) is 0 Å². The zero-order valence-electron chi connectivity index (χ0n) is 6.46. The topological polar surface area (TPSA) is 14.1 Å². The first-order valence-electron chi connectivity index (χ1n) is 3.74. The predicted octanol–water partition coefficient (Wildman–Crippen LogP) is 1.96. The molecule has 2 rings (SSSR count). The first-order chi connectivity index (χ1) is 5.38. The first kappa shape index (κ1) is 6.35. The van der Waals surface area contributed by atoms with Crippen molar-refractivity contribution in [2.45, 2.75) is 6.92 Å². The minimum atomic E-state index is 1.23. The van der Waals surface area contributed by atoms with Gasteiger partial charge in [-0.1, -0.05) is 12.1 Å². The smallest absolute Gasteiger partial charge is 0.211 e. The highest BCUT2D eigenvalue weighted by Crippen LogP contribution is 2.11. The monoisotopic (exact) mass is 144 g/mol. The summed E-state index contributed by atoms with van der Waals surface area (Å²) in [5, 5.41) is 1.27. The van der Waals surface area contributed by atoms with Crippen LogP contribution in [0, 0.1) is 6.92 Å². The number of H-pyrrole nitrogens is 1. The maximum absolute atomic E-state index is 3.22. The molecular weight excluding hydrogens is 134 g/mol. The van der Waals surface area contributed by atoms with Crippen molar-refractivity contribution in [3.63, 3.8) is 0 Å². The highest BCUT2D eigenvalue weighted by atomic mass is 14.6. The summed E-state index contributed by atoms with van der Waals surface area (Å²) in [6.07, 6.45) is 1.95. The largest absolute Gasteiger partial charge is 0.213 e. The quantitative estimate of drug-likeness (QED) is 0.536. The molecule has 0 atom stereocenters. The molecule has 0 aliphatic rings. The molecule has 1 aromatic carbocycles. The standard InChI is InChI=1S/C10H9N/c1-8-4-2-5-9-6-3-7-11-10(8)9/h2-7H,1H3/p+1. The number of benzene rings is 1. The Morgan fingerprint density at radius 2 is 1.91 bits per heavy atom. The second-order valence-electron chi connectivity index (χ2n) is 2.71. The van der Waals surface area contributed by atoms with E-state index in [1.165, 1.54) is 16.5 Å². The molecule has 1 aromatic heterocycles. The minimum Gasteiger partial charge on any atom is -0.211 e. The van der Waals surface area contributed by atoms with Gasteiger partial charge in [0.1, 0.15) is 0 Å². The fourth-order valence-corrected chi connectivity index (χ4v) is 1.31. The Morgan fingerprint density at radius 3 is 2.73 bits per heavy atom. The SMILES string of the molecule is Cc1cccc2ccc[nH+]c12. The molecule has 0 spiro atoms. The van der Waals surface area contributed by atoms with E-state index in [2.05, 4.69) is 36.2 Å². The van der Waals surface area contributed by atoms with Crippen LogP contribution in [0.1, 0.15) is 5.56 Å². The van der Waals surface area contributed by atoms with Gasteiger partial charge in [0.05, 0.1) is 0 Å². The van der Waals surface area contributed by atoms with E-state index >= 15 is 0 Å². The first-order valence-corrected chi connectivity index (χ1v) is 3.74. The molecule has 2 aromatic rings. The van der Waals surface area contributed by atoms with Crippen molar-refractivity contribution in [1.29, 1.82) is 0 Å². The lowest BCUT2D eigenvalue weighted by Gasteiger charge is -1.92. The Kier molecular flexibility index (Phi) is 1.35. The Labute approximate surface area is 65.7 Å². The number of para-hydroxylation sites is 1. The van der Waals surface area contributed by atoms with Gasteiger partial charge in [-0.2, -0.15) is 0 Å². The van der Waals surface area contributed by atoms with Crippen LogP contribution in [0.4, 0.5) is 0 Å². The van der Waals surface area contributed by atoms with E-state index in [1.54, 1.807) is 0 Å². The number of rotatable bonds is 0. The zero-order valence-corrected chi connectivity index (χ0v) is 6.46. The molecule has 0 radical (unpaired) electrons. The molecule has 54 valence electrons. The van der Waals surface area contributed by atoms with Gasteiger partial charge in [0.2, 0.25) is 5.52 Å². The molecule has 1 heterocycles. The van der Waals surface area contributed by atoms with Gasteiger partial charge >= 0.3 is 0 Å². The van der Waals surface area contributed by atoms with Crippen molar-refractivity contribution in [2.75, 3.05) is 0 Å². The summed E-state index contributed by atoms with van der Waals surface area (Å²) in [6.45, 7) is 2.11. The van der Waals surface area contributed by atoms with E-state index in [9.17, 15) is 0 Å². The van der Waals surface area contributed by atoms with Crippen molar-refractivity contribution >= 4 is 10.9 Å². The molecule has 11 heavy (non-hydrogen) atoms. The maximum Gasteiger partial charge on any atom is 0.213 e. The molecule has 0 fully saturated rings. The molecule has 0 saturated heterocycles. The van der Waals surface area contributed by atoms with Gasteiger partial charge in [-0.15, -0.1) is 0 Å². The van der Waals surface area contributed by atoms with Crippen LogP contribution >= 0.6 is 0 Å². The van der Waals surface area contributed by atoms with E-state index in [0.29, 0.717) is 0 Å². The predicted molar refractivity (Wildman–Crippen MR) is 45.2 cm³/mol. The minimum absolute atomic E-state index is 1.23. The fraction of sp³-hybridized carbons (Fsp3) is 0.100. The van der Waals surface area contributed by atoms with E-state index in [0.717, 1.165) is 0 Å². The molecule has 1 N–H and O–H groups in total. The summed E-state index contributed by atoms with van der Waals surface area (Å²) in [4.78, 5) is 3.22. The van der Waals surface area contributed by atoms with E-state index in [4.69, 9.17) is 0 Å². The maximum atomic E-state index is 3.22. The molecular formula is C10H10N+. The van der Waals surface area contributed by atoms with Gasteiger partial charge in [0.15, 0.2) is 6.20 Å². The average Bonchev–Trinajstić information content (AvgIpc) is 2.06. The van der Waals surface area contributed by atoms with Gasteiger partial charge in [0.25, 0.3) is 0 Å². The molecule has 0 unspecified atom stereocenters. The summed E-state index contributed by atoms with van der Waals surface area (Å²) in [7, 11) is 0. The number of fused-ring (bicyclic) bond motifs is 1. The van der Waals surface area contributed by atoms with Gasteiger partial charge in [-0.05, 0) is 19.1 Å². The van der Waals surface area contributed by atoms with Crippen LogP contribution in [0.3, 0.4) is 0 Å². The van der Waals surface area contributed by atoms with Crippen LogP contribution < -0.4 is 4.98 Å². The average molecular weight is 144 g/mol. The second kappa shape index (κ2) is 2.35. The Hall–Kier alpha value is -1.37. The summed E-state index contributed by atoms with van der Waals surface area (Å²) in [6, 6.07) is 10.4. The highest BCUT2D eigenvalue weighted by molar-refractivity contribution is 5.77. The van der Waals surface area contributed by atoms with Crippen molar-refractivity contribution < 1.29 is 4.98 Å². The molecule has 0 aliphatic carbocycles. The number of aromatic amines is 1. The van der Waals surface area contributed by atoms with E-state index < -0.39 is 0 Å². The molecule has 1 nitrogen and oxygen atoms in total. The number of nitrogens with one attached hydrogen (secondary N) is 1. The zero-order chi connectivity index (χ0) is 7.68. The number of aromatic nitrogens is 1. The fourth-order valence-electron chi connectivity index (χ4n) is 1.31. The Bertz CT molecular complexity index is 374. The lowest BCUT2D eigenvalue weighted by Crippen LogP contribution is -2.02. The van der Waals surface area contributed by atoms with Crippen molar-refractivity contribution in [1.82, 2.24) is 0 Å². The molecule has 0 amide bonds. The third-order valence-corrected chi connectivity index (χ3v) is 1.90. The van der Waals surface area contributed by atoms with Crippen LogP contribution in [0.25, 0.3) is 10.9 Å². The third kappa shape index (κ3) is 0.984.